The summed E-state index contributed by atoms with van der Waals surface area (Å²) in [6.45, 7) is 8.18. The van der Waals surface area contributed by atoms with Crippen molar-refractivity contribution in [3.63, 3.8) is 0 Å². The highest BCUT2D eigenvalue weighted by Crippen LogP contribution is 2.28. The fourth-order valence-corrected chi connectivity index (χ4v) is 4.19. The number of carbonyl (C=O) groups is 1. The lowest BCUT2D eigenvalue weighted by Gasteiger charge is -2.16. The summed E-state index contributed by atoms with van der Waals surface area (Å²) in [6, 6.07) is 12.7. The van der Waals surface area contributed by atoms with E-state index in [-0.39, 0.29) is 11.9 Å². The molecule has 1 amide bonds. The Hall–Kier alpha value is -2.28. The van der Waals surface area contributed by atoms with Crippen LogP contribution in [0.15, 0.2) is 60.3 Å². The smallest absolute Gasteiger partial charge is 0.252 e. The Labute approximate surface area is 190 Å². The molecule has 5 nitrogen and oxygen atoms in total. The molecule has 2 aromatic carbocycles. The minimum Gasteiger partial charge on any atom is -0.342 e. The number of allylic oxidation sites excluding steroid dienone is 1. The zero-order chi connectivity index (χ0) is 21.7. The summed E-state index contributed by atoms with van der Waals surface area (Å²) in [7, 11) is 0. The van der Waals surface area contributed by atoms with Crippen LogP contribution in [0.25, 0.3) is 0 Å². The molecule has 1 atom stereocenters. The number of amides is 1. The molecule has 3 rings (SSSR count). The summed E-state index contributed by atoms with van der Waals surface area (Å²) in [5.41, 5.74) is 2.60. The van der Waals surface area contributed by atoms with Crippen LogP contribution in [0.1, 0.15) is 40.3 Å². The van der Waals surface area contributed by atoms with Crippen LogP contribution in [0.4, 0.5) is 0 Å². The van der Waals surface area contributed by atoms with Gasteiger partial charge in [-0.1, -0.05) is 65.3 Å². The Balaban J connectivity index is 1.75. The van der Waals surface area contributed by atoms with Crippen molar-refractivity contribution in [1.82, 2.24) is 20.1 Å². The number of aryl methyl sites for hydroxylation is 1. The SMILES string of the molecule is C=CCn1c(SCc2ccc(Cl)c(Cl)c2)nnc1[C@@H](C)NC(=O)c1ccccc1C. The molecule has 0 aliphatic rings. The molecule has 0 saturated carbocycles. The lowest BCUT2D eigenvalue weighted by molar-refractivity contribution is 0.0937. The van der Waals surface area contributed by atoms with E-state index in [9.17, 15) is 4.79 Å². The van der Waals surface area contributed by atoms with Crippen LogP contribution in [0.3, 0.4) is 0 Å². The minimum atomic E-state index is -0.316. The highest BCUT2D eigenvalue weighted by molar-refractivity contribution is 7.98. The van der Waals surface area contributed by atoms with Crippen LogP contribution >= 0.6 is 35.0 Å². The Morgan fingerprint density at radius 1 is 1.23 bits per heavy atom. The van der Waals surface area contributed by atoms with Gasteiger partial charge in [-0.2, -0.15) is 0 Å². The maximum atomic E-state index is 12.7. The second-order valence-corrected chi connectivity index (χ2v) is 8.54. The molecule has 0 spiro atoms. The molecular weight excluding hydrogens is 439 g/mol. The standard InChI is InChI=1S/C22H22Cl2N4OS/c1-4-11-28-20(15(3)25-21(29)17-8-6-5-7-14(17)2)26-27-22(28)30-13-16-9-10-18(23)19(24)12-16/h4-10,12,15H,1,11,13H2,2-3H3,(H,25,29)/t15-/m1/s1. The Morgan fingerprint density at radius 3 is 2.70 bits per heavy atom. The van der Waals surface area contributed by atoms with E-state index in [1.54, 1.807) is 12.1 Å². The van der Waals surface area contributed by atoms with Crippen LogP contribution in [0.5, 0.6) is 0 Å². The average Bonchev–Trinajstić information content (AvgIpc) is 3.12. The summed E-state index contributed by atoms with van der Waals surface area (Å²) in [4.78, 5) is 12.7. The van der Waals surface area contributed by atoms with Crippen molar-refractivity contribution in [3.05, 3.63) is 87.7 Å². The summed E-state index contributed by atoms with van der Waals surface area (Å²) in [6.07, 6.45) is 1.78. The molecule has 8 heteroatoms. The third-order valence-corrected chi connectivity index (χ3v) is 6.31. The van der Waals surface area contributed by atoms with Gasteiger partial charge < -0.3 is 9.88 Å². The number of carbonyl (C=O) groups excluding carboxylic acids is 1. The molecule has 1 N–H and O–H groups in total. The first kappa shape index (κ1) is 22.4. The largest absolute Gasteiger partial charge is 0.342 e. The number of nitrogens with one attached hydrogen (secondary N) is 1. The summed E-state index contributed by atoms with van der Waals surface area (Å²) in [5.74, 6) is 1.20. The van der Waals surface area contributed by atoms with Crippen molar-refractivity contribution in [2.45, 2.75) is 37.3 Å². The van der Waals surface area contributed by atoms with E-state index < -0.39 is 0 Å². The number of benzene rings is 2. The molecule has 1 heterocycles. The van der Waals surface area contributed by atoms with Gasteiger partial charge in [0.2, 0.25) is 0 Å². The molecule has 3 aromatic rings. The molecular formula is C22H22Cl2N4OS. The van der Waals surface area contributed by atoms with E-state index >= 15 is 0 Å². The van der Waals surface area contributed by atoms with Gasteiger partial charge in [-0.05, 0) is 43.2 Å². The fraction of sp³-hybridized carbons (Fsp3) is 0.227. The molecule has 1 aromatic heterocycles. The van der Waals surface area contributed by atoms with Gasteiger partial charge in [-0.3, -0.25) is 4.79 Å². The summed E-state index contributed by atoms with van der Waals surface area (Å²) in [5, 5.41) is 13.5. The highest BCUT2D eigenvalue weighted by Gasteiger charge is 2.20. The van der Waals surface area contributed by atoms with Gasteiger partial charge in [0, 0.05) is 17.9 Å². The number of halogens is 2. The van der Waals surface area contributed by atoms with Crippen molar-refractivity contribution < 1.29 is 4.79 Å². The van der Waals surface area contributed by atoms with Crippen molar-refractivity contribution in [3.8, 4) is 0 Å². The van der Waals surface area contributed by atoms with E-state index in [1.165, 1.54) is 11.8 Å². The Bertz CT molecular complexity index is 1070. The zero-order valence-corrected chi connectivity index (χ0v) is 19.1. The van der Waals surface area contributed by atoms with Crippen LogP contribution in [-0.2, 0) is 12.3 Å². The number of hydrogen-bond acceptors (Lipinski definition) is 4. The molecule has 0 aliphatic carbocycles. The molecule has 0 saturated heterocycles. The van der Waals surface area contributed by atoms with E-state index in [2.05, 4.69) is 22.1 Å². The average molecular weight is 461 g/mol. The number of rotatable bonds is 8. The van der Waals surface area contributed by atoms with Gasteiger partial charge in [0.25, 0.3) is 5.91 Å². The van der Waals surface area contributed by atoms with E-state index in [1.807, 2.05) is 54.8 Å². The van der Waals surface area contributed by atoms with Crippen LogP contribution in [0.2, 0.25) is 10.0 Å². The van der Waals surface area contributed by atoms with Crippen molar-refractivity contribution in [1.29, 1.82) is 0 Å². The van der Waals surface area contributed by atoms with E-state index in [0.717, 1.165) is 16.3 Å². The summed E-state index contributed by atoms with van der Waals surface area (Å²) >= 11 is 13.6. The highest BCUT2D eigenvalue weighted by atomic mass is 35.5. The fourth-order valence-electron chi connectivity index (χ4n) is 2.97. The zero-order valence-electron chi connectivity index (χ0n) is 16.7. The molecule has 30 heavy (non-hydrogen) atoms. The molecule has 0 bridgehead atoms. The van der Waals surface area contributed by atoms with Gasteiger partial charge >= 0.3 is 0 Å². The lowest BCUT2D eigenvalue weighted by atomic mass is 10.1. The molecule has 0 radical (unpaired) electrons. The van der Waals surface area contributed by atoms with Gasteiger partial charge in [0.1, 0.15) is 0 Å². The topological polar surface area (TPSA) is 59.8 Å². The lowest BCUT2D eigenvalue weighted by Crippen LogP contribution is -2.29. The van der Waals surface area contributed by atoms with Crippen molar-refractivity contribution in [2.75, 3.05) is 0 Å². The second kappa shape index (κ2) is 10.2. The number of hydrogen-bond donors (Lipinski definition) is 1. The number of thioether (sulfide) groups is 1. The first-order chi connectivity index (χ1) is 14.4. The van der Waals surface area contributed by atoms with Crippen molar-refractivity contribution in [2.24, 2.45) is 0 Å². The van der Waals surface area contributed by atoms with E-state index in [0.29, 0.717) is 33.7 Å². The molecule has 0 unspecified atom stereocenters. The van der Waals surface area contributed by atoms with E-state index in [4.69, 9.17) is 23.2 Å². The van der Waals surface area contributed by atoms with Crippen molar-refractivity contribution >= 4 is 40.9 Å². The van der Waals surface area contributed by atoms with Crippen LogP contribution < -0.4 is 5.32 Å². The first-order valence-corrected chi connectivity index (χ1v) is 11.1. The third kappa shape index (κ3) is 5.25. The second-order valence-electron chi connectivity index (χ2n) is 6.79. The van der Waals surface area contributed by atoms with Crippen LogP contribution in [0, 0.1) is 6.92 Å². The Morgan fingerprint density at radius 2 is 2.00 bits per heavy atom. The molecule has 0 aliphatic heterocycles. The third-order valence-electron chi connectivity index (χ3n) is 4.53. The maximum absolute atomic E-state index is 12.7. The normalized spacial score (nSPS) is 11.9. The maximum Gasteiger partial charge on any atom is 0.252 e. The quantitative estimate of drug-likeness (QED) is 0.337. The Kier molecular flexibility index (Phi) is 7.58. The van der Waals surface area contributed by atoms with Gasteiger partial charge in [0.05, 0.1) is 16.1 Å². The van der Waals surface area contributed by atoms with Gasteiger partial charge in [-0.25, -0.2) is 0 Å². The predicted octanol–water partition coefficient (Wildman–Crippen LogP) is 5.86. The first-order valence-electron chi connectivity index (χ1n) is 9.38. The predicted molar refractivity (Wildman–Crippen MR) is 123 cm³/mol. The minimum absolute atomic E-state index is 0.140. The molecule has 156 valence electrons. The van der Waals surface area contributed by atoms with Gasteiger partial charge in [0.15, 0.2) is 11.0 Å². The molecule has 0 fully saturated rings. The van der Waals surface area contributed by atoms with Crippen LogP contribution in [-0.4, -0.2) is 20.7 Å². The summed E-state index contributed by atoms with van der Waals surface area (Å²) < 4.78 is 1.96. The number of aromatic nitrogens is 3. The number of nitrogens with zero attached hydrogens (tertiary/aromatic N) is 3. The monoisotopic (exact) mass is 460 g/mol. The van der Waals surface area contributed by atoms with Gasteiger partial charge in [-0.15, -0.1) is 16.8 Å².